The Balaban J connectivity index is 2.04. The van der Waals surface area contributed by atoms with Crippen molar-refractivity contribution in [3.05, 3.63) is 29.8 Å². The van der Waals surface area contributed by atoms with Crippen molar-refractivity contribution >= 4 is 0 Å². The van der Waals surface area contributed by atoms with E-state index in [-0.39, 0.29) is 0 Å². The van der Waals surface area contributed by atoms with E-state index >= 15 is 0 Å². The highest BCUT2D eigenvalue weighted by atomic mass is 16.5. The fourth-order valence-corrected chi connectivity index (χ4v) is 2.86. The van der Waals surface area contributed by atoms with E-state index in [0.717, 1.165) is 31.2 Å². The largest absolute Gasteiger partial charge is 0.494 e. The zero-order chi connectivity index (χ0) is 14.6. The van der Waals surface area contributed by atoms with E-state index in [9.17, 15) is 0 Å². The molecule has 0 bridgehead atoms. The van der Waals surface area contributed by atoms with Crippen LogP contribution < -0.4 is 10.1 Å². The summed E-state index contributed by atoms with van der Waals surface area (Å²) in [4.78, 5) is 0. The predicted octanol–water partition coefficient (Wildman–Crippen LogP) is 4.56. The molecule has 2 unspecified atom stereocenters. The van der Waals surface area contributed by atoms with Gasteiger partial charge < -0.3 is 10.1 Å². The average molecular weight is 275 g/mol. The third-order valence-electron chi connectivity index (χ3n) is 4.32. The first-order valence-electron chi connectivity index (χ1n) is 8.04. The van der Waals surface area contributed by atoms with Gasteiger partial charge in [-0.25, -0.2) is 0 Å². The second-order valence-corrected chi connectivity index (χ2v) is 6.65. The van der Waals surface area contributed by atoms with Crippen molar-refractivity contribution in [3.8, 4) is 5.75 Å². The van der Waals surface area contributed by atoms with Crippen molar-refractivity contribution < 1.29 is 4.74 Å². The zero-order valence-corrected chi connectivity index (χ0v) is 13.4. The van der Waals surface area contributed by atoms with Gasteiger partial charge in [-0.1, -0.05) is 39.8 Å². The predicted molar refractivity (Wildman–Crippen MR) is 85.2 cm³/mol. The molecule has 0 heterocycles. The number of nitrogens with one attached hydrogen (secondary N) is 1. The minimum atomic E-state index is 0.489. The summed E-state index contributed by atoms with van der Waals surface area (Å²) in [5, 5.41) is 3.73. The van der Waals surface area contributed by atoms with E-state index in [1.807, 2.05) is 0 Å². The normalized spacial score (nSPS) is 21.5. The molecule has 1 aliphatic carbocycles. The molecule has 0 spiro atoms. The first-order chi connectivity index (χ1) is 9.58. The molecular formula is C18H29NO. The maximum atomic E-state index is 5.67. The second kappa shape index (κ2) is 6.62. The van der Waals surface area contributed by atoms with Gasteiger partial charge in [0.25, 0.3) is 0 Å². The van der Waals surface area contributed by atoms with E-state index in [0.29, 0.717) is 11.5 Å². The van der Waals surface area contributed by atoms with Crippen LogP contribution in [0.1, 0.15) is 58.6 Å². The molecular weight excluding hydrogens is 246 g/mol. The molecule has 20 heavy (non-hydrogen) atoms. The van der Waals surface area contributed by atoms with Gasteiger partial charge in [-0.3, -0.25) is 0 Å². The third kappa shape index (κ3) is 3.76. The van der Waals surface area contributed by atoms with Crippen molar-refractivity contribution in [1.82, 2.24) is 5.32 Å². The van der Waals surface area contributed by atoms with Crippen LogP contribution in [0.15, 0.2) is 24.3 Å². The highest BCUT2D eigenvalue weighted by Gasteiger charge is 2.50. The van der Waals surface area contributed by atoms with Gasteiger partial charge in [-0.15, -0.1) is 0 Å². The number of rotatable bonds is 8. The highest BCUT2D eigenvalue weighted by molar-refractivity contribution is 5.31. The van der Waals surface area contributed by atoms with E-state index in [1.165, 1.54) is 18.4 Å². The Kier molecular flexibility index (Phi) is 5.09. The fraction of sp³-hybridized carbons (Fsp3) is 0.667. The Labute approximate surface area is 123 Å². The Morgan fingerprint density at radius 3 is 2.35 bits per heavy atom. The van der Waals surface area contributed by atoms with E-state index in [4.69, 9.17) is 4.74 Å². The summed E-state index contributed by atoms with van der Waals surface area (Å²) in [6, 6.07) is 9.17. The molecule has 1 aliphatic rings. The lowest BCUT2D eigenvalue weighted by Gasteiger charge is -2.21. The maximum absolute atomic E-state index is 5.67. The van der Waals surface area contributed by atoms with Crippen LogP contribution in [-0.2, 0) is 0 Å². The SMILES string of the molecule is CCCNC(c1ccc(OCCC)cc1)C1CC1(C)C. The lowest BCUT2D eigenvalue weighted by atomic mass is 9.97. The number of hydrogen-bond acceptors (Lipinski definition) is 2. The monoisotopic (exact) mass is 275 g/mol. The zero-order valence-electron chi connectivity index (χ0n) is 13.4. The van der Waals surface area contributed by atoms with Gasteiger partial charge in [0.05, 0.1) is 6.61 Å². The Morgan fingerprint density at radius 1 is 1.20 bits per heavy atom. The molecule has 0 saturated heterocycles. The van der Waals surface area contributed by atoms with Crippen LogP contribution in [0.2, 0.25) is 0 Å². The van der Waals surface area contributed by atoms with Crippen LogP contribution in [0, 0.1) is 11.3 Å². The van der Waals surface area contributed by atoms with Gasteiger partial charge in [-0.05, 0) is 54.8 Å². The number of hydrogen-bond donors (Lipinski definition) is 1. The van der Waals surface area contributed by atoms with Crippen LogP contribution >= 0.6 is 0 Å². The van der Waals surface area contributed by atoms with Crippen LogP contribution in [0.5, 0.6) is 5.75 Å². The maximum Gasteiger partial charge on any atom is 0.119 e. The average Bonchev–Trinajstić information content (AvgIpc) is 3.07. The molecule has 0 radical (unpaired) electrons. The molecule has 1 N–H and O–H groups in total. The van der Waals surface area contributed by atoms with Crippen LogP contribution in [-0.4, -0.2) is 13.2 Å². The first kappa shape index (κ1) is 15.4. The molecule has 2 rings (SSSR count). The summed E-state index contributed by atoms with van der Waals surface area (Å²) in [7, 11) is 0. The standard InChI is InChI=1S/C18H29NO/c1-5-11-19-17(16-13-18(16,3)4)14-7-9-15(10-8-14)20-12-6-2/h7-10,16-17,19H,5-6,11-13H2,1-4H3. The number of ether oxygens (including phenoxy) is 1. The summed E-state index contributed by atoms with van der Waals surface area (Å²) in [6.45, 7) is 11.0. The summed E-state index contributed by atoms with van der Waals surface area (Å²) in [6.07, 6.45) is 3.56. The summed E-state index contributed by atoms with van der Waals surface area (Å²) in [5.74, 6) is 1.75. The van der Waals surface area contributed by atoms with Crippen molar-refractivity contribution in [3.63, 3.8) is 0 Å². The van der Waals surface area contributed by atoms with Crippen molar-refractivity contribution in [1.29, 1.82) is 0 Å². The quantitative estimate of drug-likeness (QED) is 0.751. The van der Waals surface area contributed by atoms with Gasteiger partial charge in [0.1, 0.15) is 5.75 Å². The number of benzene rings is 1. The van der Waals surface area contributed by atoms with E-state index in [2.05, 4.69) is 57.3 Å². The molecule has 2 nitrogen and oxygen atoms in total. The van der Waals surface area contributed by atoms with Gasteiger partial charge in [-0.2, -0.15) is 0 Å². The molecule has 2 atom stereocenters. The molecule has 0 aliphatic heterocycles. The Morgan fingerprint density at radius 2 is 1.85 bits per heavy atom. The van der Waals surface area contributed by atoms with Gasteiger partial charge >= 0.3 is 0 Å². The van der Waals surface area contributed by atoms with Crippen molar-refractivity contribution in [2.24, 2.45) is 11.3 Å². The molecule has 2 heteroatoms. The van der Waals surface area contributed by atoms with Crippen LogP contribution in [0.4, 0.5) is 0 Å². The smallest absolute Gasteiger partial charge is 0.119 e. The molecule has 1 aromatic rings. The lowest BCUT2D eigenvalue weighted by molar-refractivity contribution is 0.317. The molecule has 112 valence electrons. The van der Waals surface area contributed by atoms with Gasteiger partial charge in [0, 0.05) is 6.04 Å². The molecule has 0 amide bonds. The summed E-state index contributed by atoms with van der Waals surface area (Å²) >= 11 is 0. The second-order valence-electron chi connectivity index (χ2n) is 6.65. The van der Waals surface area contributed by atoms with Crippen LogP contribution in [0.25, 0.3) is 0 Å². The summed E-state index contributed by atoms with van der Waals surface area (Å²) < 4.78 is 5.67. The van der Waals surface area contributed by atoms with Gasteiger partial charge in [0.2, 0.25) is 0 Å². The highest BCUT2D eigenvalue weighted by Crippen LogP contribution is 2.57. The summed E-state index contributed by atoms with van der Waals surface area (Å²) in [5.41, 5.74) is 1.89. The molecule has 1 aromatic carbocycles. The minimum Gasteiger partial charge on any atom is -0.494 e. The van der Waals surface area contributed by atoms with Crippen molar-refractivity contribution in [2.45, 2.75) is 53.0 Å². The molecule has 0 aromatic heterocycles. The van der Waals surface area contributed by atoms with E-state index in [1.54, 1.807) is 0 Å². The third-order valence-corrected chi connectivity index (χ3v) is 4.32. The molecule has 1 saturated carbocycles. The minimum absolute atomic E-state index is 0.489. The van der Waals surface area contributed by atoms with Crippen molar-refractivity contribution in [2.75, 3.05) is 13.2 Å². The first-order valence-corrected chi connectivity index (χ1v) is 8.04. The van der Waals surface area contributed by atoms with Crippen LogP contribution in [0.3, 0.4) is 0 Å². The van der Waals surface area contributed by atoms with Gasteiger partial charge in [0.15, 0.2) is 0 Å². The lowest BCUT2D eigenvalue weighted by Crippen LogP contribution is -2.25. The molecule has 1 fully saturated rings. The Bertz CT molecular complexity index is 410. The van der Waals surface area contributed by atoms with E-state index < -0.39 is 0 Å². The fourth-order valence-electron chi connectivity index (χ4n) is 2.86. The topological polar surface area (TPSA) is 21.3 Å². The Hall–Kier alpha value is -1.02.